The molecule has 1 aromatic rings. The third-order valence-corrected chi connectivity index (χ3v) is 2.96. The van der Waals surface area contributed by atoms with Crippen LogP contribution in [0.2, 0.25) is 0 Å². The molecular weight excluding hydrogens is 250 g/mol. The second-order valence-corrected chi connectivity index (χ2v) is 6.11. The van der Waals surface area contributed by atoms with E-state index in [1.807, 2.05) is 19.9 Å². The van der Waals surface area contributed by atoms with Crippen LogP contribution in [-0.2, 0) is 11.3 Å². The number of aliphatic hydroxyl groups is 1. The van der Waals surface area contributed by atoms with Crippen molar-refractivity contribution in [3.63, 3.8) is 0 Å². The lowest BCUT2D eigenvalue weighted by molar-refractivity contribution is -0.0108. The Morgan fingerprint density at radius 3 is 2.25 bits per heavy atom. The van der Waals surface area contributed by atoms with E-state index in [9.17, 15) is 5.11 Å². The minimum Gasteiger partial charge on any atom is -0.389 e. The van der Waals surface area contributed by atoms with Gasteiger partial charge in [0.25, 0.3) is 0 Å². The first kappa shape index (κ1) is 17.2. The molecule has 20 heavy (non-hydrogen) atoms. The van der Waals surface area contributed by atoms with Gasteiger partial charge in [-0.25, -0.2) is 0 Å². The van der Waals surface area contributed by atoms with Gasteiger partial charge in [-0.3, -0.25) is 4.90 Å². The van der Waals surface area contributed by atoms with Gasteiger partial charge in [0, 0.05) is 19.6 Å². The molecule has 1 aromatic carbocycles. The van der Waals surface area contributed by atoms with Gasteiger partial charge in [-0.15, -0.1) is 0 Å². The van der Waals surface area contributed by atoms with E-state index in [0.717, 1.165) is 13.1 Å². The van der Waals surface area contributed by atoms with E-state index in [-0.39, 0.29) is 6.10 Å². The topological polar surface area (TPSA) is 32.7 Å². The number of rotatable bonds is 9. The lowest BCUT2D eigenvalue weighted by Crippen LogP contribution is -2.37. The van der Waals surface area contributed by atoms with Crippen LogP contribution in [0.4, 0.5) is 0 Å². The SMILES string of the molecule is CC(C)CN(Cc1ccccc1)CC(O)COC(C)C. The van der Waals surface area contributed by atoms with Gasteiger partial charge in [-0.1, -0.05) is 44.2 Å². The monoisotopic (exact) mass is 279 g/mol. The molecule has 1 rings (SSSR count). The summed E-state index contributed by atoms with van der Waals surface area (Å²) in [5, 5.41) is 10.1. The van der Waals surface area contributed by atoms with E-state index in [2.05, 4.69) is 43.0 Å². The highest BCUT2D eigenvalue weighted by atomic mass is 16.5. The number of nitrogens with zero attached hydrogens (tertiary/aromatic N) is 1. The zero-order valence-electron chi connectivity index (χ0n) is 13.2. The highest BCUT2D eigenvalue weighted by Gasteiger charge is 2.14. The summed E-state index contributed by atoms with van der Waals surface area (Å²) in [5.74, 6) is 0.580. The largest absolute Gasteiger partial charge is 0.389 e. The highest BCUT2D eigenvalue weighted by Crippen LogP contribution is 2.08. The number of benzene rings is 1. The Hall–Kier alpha value is -0.900. The minimum absolute atomic E-state index is 0.164. The molecule has 3 nitrogen and oxygen atoms in total. The maximum absolute atomic E-state index is 10.1. The fraction of sp³-hybridized carbons (Fsp3) is 0.647. The smallest absolute Gasteiger partial charge is 0.0900 e. The second-order valence-electron chi connectivity index (χ2n) is 6.11. The number of aliphatic hydroxyl groups excluding tert-OH is 1. The average molecular weight is 279 g/mol. The van der Waals surface area contributed by atoms with Gasteiger partial charge >= 0.3 is 0 Å². The predicted molar refractivity (Wildman–Crippen MR) is 83.7 cm³/mol. The number of ether oxygens (including phenoxy) is 1. The Kier molecular flexibility index (Phi) is 7.82. The maximum atomic E-state index is 10.1. The molecule has 114 valence electrons. The first-order valence-electron chi connectivity index (χ1n) is 7.53. The summed E-state index contributed by atoms with van der Waals surface area (Å²) in [5.41, 5.74) is 1.28. The maximum Gasteiger partial charge on any atom is 0.0900 e. The summed E-state index contributed by atoms with van der Waals surface area (Å²) in [6.07, 6.45) is -0.266. The third-order valence-electron chi connectivity index (χ3n) is 2.96. The van der Waals surface area contributed by atoms with Crippen molar-refractivity contribution in [2.24, 2.45) is 5.92 Å². The first-order chi connectivity index (χ1) is 9.47. The minimum atomic E-state index is -0.431. The van der Waals surface area contributed by atoms with E-state index >= 15 is 0 Å². The van der Waals surface area contributed by atoms with Crippen LogP contribution in [0, 0.1) is 5.92 Å². The fourth-order valence-electron chi connectivity index (χ4n) is 2.22. The van der Waals surface area contributed by atoms with Crippen molar-refractivity contribution in [2.45, 2.75) is 46.4 Å². The van der Waals surface area contributed by atoms with Crippen molar-refractivity contribution in [3.05, 3.63) is 35.9 Å². The number of hydrogen-bond donors (Lipinski definition) is 1. The van der Waals surface area contributed by atoms with Gasteiger partial charge in [-0.2, -0.15) is 0 Å². The van der Waals surface area contributed by atoms with Crippen molar-refractivity contribution in [2.75, 3.05) is 19.7 Å². The van der Waals surface area contributed by atoms with E-state index < -0.39 is 6.10 Å². The molecule has 1 unspecified atom stereocenters. The van der Waals surface area contributed by atoms with Crippen molar-refractivity contribution < 1.29 is 9.84 Å². The molecule has 0 heterocycles. The van der Waals surface area contributed by atoms with Crippen LogP contribution in [0.5, 0.6) is 0 Å². The normalized spacial score (nSPS) is 13.4. The lowest BCUT2D eigenvalue weighted by atomic mass is 10.1. The molecule has 0 spiro atoms. The van der Waals surface area contributed by atoms with Crippen molar-refractivity contribution in [3.8, 4) is 0 Å². The van der Waals surface area contributed by atoms with E-state index in [1.54, 1.807) is 0 Å². The average Bonchev–Trinajstić information content (AvgIpc) is 2.36. The van der Waals surface area contributed by atoms with Crippen molar-refractivity contribution in [1.29, 1.82) is 0 Å². The first-order valence-corrected chi connectivity index (χ1v) is 7.53. The Balaban J connectivity index is 2.51. The molecule has 0 saturated heterocycles. The molecule has 3 heteroatoms. The Morgan fingerprint density at radius 2 is 1.70 bits per heavy atom. The van der Waals surface area contributed by atoms with Gasteiger partial charge in [0.05, 0.1) is 18.8 Å². The molecule has 1 atom stereocenters. The van der Waals surface area contributed by atoms with E-state index in [1.165, 1.54) is 5.56 Å². The summed E-state index contributed by atoms with van der Waals surface area (Å²) in [6, 6.07) is 10.4. The Labute approximate surface area is 123 Å². The third kappa shape index (κ3) is 7.63. The van der Waals surface area contributed by atoms with Gasteiger partial charge in [-0.05, 0) is 25.3 Å². The summed E-state index contributed by atoms with van der Waals surface area (Å²) < 4.78 is 5.48. The van der Waals surface area contributed by atoms with Crippen LogP contribution in [0.25, 0.3) is 0 Å². The zero-order chi connectivity index (χ0) is 15.0. The van der Waals surface area contributed by atoms with Gasteiger partial charge in [0.1, 0.15) is 0 Å². The van der Waals surface area contributed by atoms with Crippen LogP contribution in [0.15, 0.2) is 30.3 Å². The van der Waals surface area contributed by atoms with E-state index in [4.69, 9.17) is 4.74 Å². The molecule has 0 aliphatic carbocycles. The fourth-order valence-corrected chi connectivity index (χ4v) is 2.22. The quantitative estimate of drug-likeness (QED) is 0.754. The summed E-state index contributed by atoms with van der Waals surface area (Å²) in [6.45, 7) is 11.3. The van der Waals surface area contributed by atoms with Crippen LogP contribution in [0.3, 0.4) is 0 Å². The van der Waals surface area contributed by atoms with Crippen LogP contribution < -0.4 is 0 Å². The summed E-state index contributed by atoms with van der Waals surface area (Å²) in [7, 11) is 0. The van der Waals surface area contributed by atoms with Crippen molar-refractivity contribution in [1.82, 2.24) is 4.90 Å². The van der Waals surface area contributed by atoms with Gasteiger partial charge < -0.3 is 9.84 Å². The van der Waals surface area contributed by atoms with Gasteiger partial charge in [0.2, 0.25) is 0 Å². The predicted octanol–water partition coefficient (Wildman–Crippen LogP) is 2.93. The van der Waals surface area contributed by atoms with E-state index in [0.29, 0.717) is 19.1 Å². The van der Waals surface area contributed by atoms with Crippen LogP contribution >= 0.6 is 0 Å². The second kappa shape index (κ2) is 9.11. The molecule has 0 aliphatic heterocycles. The lowest BCUT2D eigenvalue weighted by Gasteiger charge is -2.27. The highest BCUT2D eigenvalue weighted by molar-refractivity contribution is 5.14. The molecule has 0 radical (unpaired) electrons. The molecule has 0 aliphatic rings. The molecular formula is C17H29NO2. The Bertz CT molecular complexity index is 351. The van der Waals surface area contributed by atoms with Crippen LogP contribution in [-0.4, -0.2) is 41.9 Å². The molecule has 0 fully saturated rings. The molecule has 1 N–H and O–H groups in total. The van der Waals surface area contributed by atoms with Crippen molar-refractivity contribution >= 4 is 0 Å². The molecule has 0 amide bonds. The molecule has 0 saturated carbocycles. The molecule has 0 bridgehead atoms. The summed E-state index contributed by atoms with van der Waals surface area (Å²) in [4.78, 5) is 2.30. The standard InChI is InChI=1S/C17H29NO2/c1-14(2)10-18(11-16-8-6-5-7-9-16)12-17(19)13-20-15(3)4/h5-9,14-15,17,19H,10-13H2,1-4H3. The summed E-state index contributed by atoms with van der Waals surface area (Å²) >= 11 is 0. The number of hydrogen-bond acceptors (Lipinski definition) is 3. The zero-order valence-corrected chi connectivity index (χ0v) is 13.2. The van der Waals surface area contributed by atoms with Crippen LogP contribution in [0.1, 0.15) is 33.3 Å². The molecule has 0 aromatic heterocycles. The Morgan fingerprint density at radius 1 is 1.05 bits per heavy atom. The van der Waals surface area contributed by atoms with Gasteiger partial charge in [0.15, 0.2) is 0 Å².